The number of carbonyl (C=O) groups is 2. The maximum absolute atomic E-state index is 12.7. The molecule has 0 aliphatic carbocycles. The Bertz CT molecular complexity index is 1150. The summed E-state index contributed by atoms with van der Waals surface area (Å²) in [6, 6.07) is 0. The van der Waals surface area contributed by atoms with Gasteiger partial charge in [-0.1, -0.05) is 192 Å². The topological polar surface area (TPSA) is 111 Å². The normalized spacial score (nSPS) is 13.7. The van der Waals surface area contributed by atoms with Gasteiger partial charge in [0.05, 0.1) is 27.7 Å². The van der Waals surface area contributed by atoms with E-state index in [1.54, 1.807) is 0 Å². The molecule has 62 heavy (non-hydrogen) atoms. The van der Waals surface area contributed by atoms with Crippen LogP contribution in [0.4, 0.5) is 0 Å². The van der Waals surface area contributed by atoms with E-state index >= 15 is 0 Å². The van der Waals surface area contributed by atoms with Crippen LogP contribution in [0.5, 0.6) is 0 Å². The zero-order chi connectivity index (χ0) is 45.7. The molecular weight excluding hydrogens is 798 g/mol. The predicted octanol–water partition coefficient (Wildman–Crippen LogP) is 14.6. The number of likely N-dealkylation sites (N-methyl/N-ethyl adjacent to an activating group) is 1. The molecule has 0 amide bonds. The molecule has 0 saturated heterocycles. The Morgan fingerprint density at radius 1 is 0.500 bits per heavy atom. The van der Waals surface area contributed by atoms with E-state index in [4.69, 9.17) is 18.5 Å². The molecule has 0 aromatic rings. The summed E-state index contributed by atoms with van der Waals surface area (Å²) >= 11 is 0. The van der Waals surface area contributed by atoms with Gasteiger partial charge in [-0.15, -0.1) is 0 Å². The molecule has 0 saturated carbocycles. The second kappa shape index (κ2) is 44.4. The maximum atomic E-state index is 12.7. The Morgan fingerprint density at radius 2 is 0.887 bits per heavy atom. The SMILES string of the molecule is CCCCC/C=C/C/C=C/CCCCCCCC(=O)O[C@@H](COC(=O)CCC/C=C/CCCCCCCCCCCCCCCCCCCC)COP(=O)([O-])OCC[N+](C)(C)C. The van der Waals surface area contributed by atoms with Gasteiger partial charge in [0, 0.05) is 12.8 Å². The van der Waals surface area contributed by atoms with Crippen molar-refractivity contribution in [2.75, 3.05) is 47.5 Å². The molecule has 9 nitrogen and oxygen atoms in total. The van der Waals surface area contributed by atoms with Crippen molar-refractivity contribution in [3.05, 3.63) is 36.5 Å². The number of phosphoric acid groups is 1. The highest BCUT2D eigenvalue weighted by Crippen LogP contribution is 2.38. The third kappa shape index (κ3) is 47.7. The number of quaternary nitrogens is 1. The van der Waals surface area contributed by atoms with Crippen molar-refractivity contribution < 1.29 is 42.1 Å². The molecular formula is C52H98NO8P. The van der Waals surface area contributed by atoms with Crippen LogP contribution in [0.1, 0.15) is 232 Å². The van der Waals surface area contributed by atoms with Crippen molar-refractivity contribution in [2.45, 2.75) is 238 Å². The average molecular weight is 896 g/mol. The summed E-state index contributed by atoms with van der Waals surface area (Å²) in [5.74, 6) is -0.881. The minimum Gasteiger partial charge on any atom is -0.756 e. The van der Waals surface area contributed by atoms with Gasteiger partial charge in [0.2, 0.25) is 0 Å². The van der Waals surface area contributed by atoms with Crippen LogP contribution in [-0.4, -0.2) is 70.0 Å². The summed E-state index contributed by atoms with van der Waals surface area (Å²) < 4.78 is 34.0. The quantitative estimate of drug-likeness (QED) is 0.0195. The number of ether oxygens (including phenoxy) is 2. The zero-order valence-corrected chi connectivity index (χ0v) is 42.0. The van der Waals surface area contributed by atoms with E-state index in [0.717, 1.165) is 51.4 Å². The fraction of sp³-hybridized carbons (Fsp3) is 0.846. The van der Waals surface area contributed by atoms with E-state index in [-0.39, 0.29) is 26.1 Å². The van der Waals surface area contributed by atoms with Crippen molar-refractivity contribution in [3.63, 3.8) is 0 Å². The minimum absolute atomic E-state index is 0.0371. The molecule has 0 aromatic heterocycles. The monoisotopic (exact) mass is 896 g/mol. The smallest absolute Gasteiger partial charge is 0.306 e. The van der Waals surface area contributed by atoms with Gasteiger partial charge in [-0.05, 0) is 64.2 Å². The highest BCUT2D eigenvalue weighted by atomic mass is 31.2. The molecule has 0 spiro atoms. The first-order valence-corrected chi connectivity index (χ1v) is 27.2. The fourth-order valence-electron chi connectivity index (χ4n) is 7.10. The third-order valence-corrected chi connectivity index (χ3v) is 12.1. The van der Waals surface area contributed by atoms with Crippen molar-refractivity contribution >= 4 is 19.8 Å². The van der Waals surface area contributed by atoms with Crippen LogP contribution in [0.25, 0.3) is 0 Å². The molecule has 0 radical (unpaired) electrons. The Kier molecular flexibility index (Phi) is 43.2. The molecule has 10 heteroatoms. The van der Waals surface area contributed by atoms with Gasteiger partial charge in [-0.3, -0.25) is 14.2 Å². The number of rotatable bonds is 47. The van der Waals surface area contributed by atoms with Crippen LogP contribution < -0.4 is 4.89 Å². The lowest BCUT2D eigenvalue weighted by molar-refractivity contribution is -0.870. The van der Waals surface area contributed by atoms with Gasteiger partial charge in [0.25, 0.3) is 7.82 Å². The standard InChI is InChI=1S/C52H98NO8P/c1-6-8-10-12-14-16-18-20-22-23-24-25-26-27-28-29-31-32-34-36-38-40-42-44-51(54)58-48-50(49-60-62(56,57)59-47-46-53(3,4)5)61-52(55)45-43-41-39-37-35-33-30-21-19-17-15-13-11-9-7-2/h15,17,21,30,36,38,50H,6-14,16,18-20,22-29,31-35,37,39-49H2,1-5H3/b17-15+,30-21+,38-36+/t50-/m0/s1. The highest BCUT2D eigenvalue weighted by Gasteiger charge is 2.21. The number of phosphoric ester groups is 1. The van der Waals surface area contributed by atoms with E-state index in [1.807, 2.05) is 21.1 Å². The molecule has 1 unspecified atom stereocenters. The number of allylic oxidation sites excluding steroid dienone is 6. The lowest BCUT2D eigenvalue weighted by Crippen LogP contribution is -2.37. The highest BCUT2D eigenvalue weighted by molar-refractivity contribution is 7.45. The Balaban J connectivity index is 4.24. The molecule has 0 aliphatic heterocycles. The van der Waals surface area contributed by atoms with Gasteiger partial charge in [-0.25, -0.2) is 0 Å². The van der Waals surface area contributed by atoms with E-state index < -0.39 is 32.5 Å². The Morgan fingerprint density at radius 3 is 1.37 bits per heavy atom. The second-order valence-corrected chi connectivity index (χ2v) is 19.9. The summed E-state index contributed by atoms with van der Waals surface area (Å²) in [6.07, 6.45) is 51.9. The minimum atomic E-state index is -4.64. The molecule has 0 fully saturated rings. The van der Waals surface area contributed by atoms with Gasteiger partial charge in [0.15, 0.2) is 6.10 Å². The van der Waals surface area contributed by atoms with Gasteiger partial charge < -0.3 is 27.9 Å². The molecule has 364 valence electrons. The van der Waals surface area contributed by atoms with Gasteiger partial charge in [0.1, 0.15) is 19.8 Å². The van der Waals surface area contributed by atoms with Gasteiger partial charge >= 0.3 is 11.9 Å². The summed E-state index contributed by atoms with van der Waals surface area (Å²) in [7, 11) is 1.15. The van der Waals surface area contributed by atoms with Crippen LogP contribution in [-0.2, 0) is 32.7 Å². The number of carbonyl (C=O) groups excluding carboxylic acids is 2. The van der Waals surface area contributed by atoms with E-state index in [0.29, 0.717) is 23.9 Å². The van der Waals surface area contributed by atoms with Crippen LogP contribution in [0.15, 0.2) is 36.5 Å². The van der Waals surface area contributed by atoms with E-state index in [9.17, 15) is 19.0 Å². The number of nitrogens with zero attached hydrogens (tertiary/aromatic N) is 1. The Hall–Kier alpha value is -1.77. The first-order chi connectivity index (χ1) is 30.0. The number of hydrogen-bond donors (Lipinski definition) is 0. The molecule has 0 heterocycles. The van der Waals surface area contributed by atoms with Crippen LogP contribution >= 0.6 is 7.82 Å². The molecule has 0 N–H and O–H groups in total. The first kappa shape index (κ1) is 60.2. The molecule has 0 aliphatic rings. The third-order valence-electron chi connectivity index (χ3n) is 11.1. The second-order valence-electron chi connectivity index (χ2n) is 18.5. The van der Waals surface area contributed by atoms with Crippen molar-refractivity contribution in [2.24, 2.45) is 0 Å². The number of hydrogen-bond acceptors (Lipinski definition) is 8. The number of esters is 2. The molecule has 0 bridgehead atoms. The summed E-state index contributed by atoms with van der Waals surface area (Å²) in [4.78, 5) is 37.6. The lowest BCUT2D eigenvalue weighted by Gasteiger charge is -2.28. The van der Waals surface area contributed by atoms with Crippen LogP contribution in [0.3, 0.4) is 0 Å². The van der Waals surface area contributed by atoms with Crippen LogP contribution in [0, 0.1) is 0 Å². The lowest BCUT2D eigenvalue weighted by atomic mass is 10.0. The molecule has 0 rings (SSSR count). The summed E-state index contributed by atoms with van der Waals surface area (Å²) in [5, 5.41) is 0. The van der Waals surface area contributed by atoms with E-state index in [2.05, 4.69) is 50.3 Å². The average Bonchev–Trinajstić information content (AvgIpc) is 3.23. The molecule has 0 aromatic carbocycles. The van der Waals surface area contributed by atoms with Crippen molar-refractivity contribution in [1.29, 1.82) is 0 Å². The number of unbranched alkanes of at least 4 members (excludes halogenated alkanes) is 27. The fourth-order valence-corrected chi connectivity index (χ4v) is 7.83. The van der Waals surface area contributed by atoms with Gasteiger partial charge in [-0.2, -0.15) is 0 Å². The van der Waals surface area contributed by atoms with Crippen molar-refractivity contribution in [3.8, 4) is 0 Å². The summed E-state index contributed by atoms with van der Waals surface area (Å²) in [6.45, 7) is 4.18. The maximum Gasteiger partial charge on any atom is 0.306 e. The zero-order valence-electron chi connectivity index (χ0n) is 41.1. The Labute approximate surface area is 382 Å². The molecule has 2 atom stereocenters. The van der Waals surface area contributed by atoms with Crippen LogP contribution in [0.2, 0.25) is 0 Å². The van der Waals surface area contributed by atoms with E-state index in [1.165, 1.54) is 141 Å². The predicted molar refractivity (Wildman–Crippen MR) is 259 cm³/mol. The first-order valence-electron chi connectivity index (χ1n) is 25.7. The van der Waals surface area contributed by atoms with Crippen molar-refractivity contribution in [1.82, 2.24) is 0 Å². The largest absolute Gasteiger partial charge is 0.756 e. The summed E-state index contributed by atoms with van der Waals surface area (Å²) in [5.41, 5.74) is 0.